The first-order valence-electron chi connectivity index (χ1n) is 8.37. The van der Waals surface area contributed by atoms with Crippen molar-refractivity contribution in [3.8, 4) is 0 Å². The van der Waals surface area contributed by atoms with Gasteiger partial charge in [0.2, 0.25) is 5.91 Å². The molecule has 1 amide bonds. The fourth-order valence-electron chi connectivity index (χ4n) is 3.56. The van der Waals surface area contributed by atoms with E-state index < -0.39 is 16.3 Å². The first kappa shape index (κ1) is 18.6. The van der Waals surface area contributed by atoms with Crippen molar-refractivity contribution in [2.75, 3.05) is 34.2 Å². The third-order valence-electron chi connectivity index (χ3n) is 5.13. The summed E-state index contributed by atoms with van der Waals surface area (Å²) in [5.74, 6) is -0.111. The Balaban J connectivity index is 1.93. The summed E-state index contributed by atoms with van der Waals surface area (Å²) in [6, 6.07) is -0.0974. The van der Waals surface area contributed by atoms with E-state index in [9.17, 15) is 18.3 Å². The van der Waals surface area contributed by atoms with Gasteiger partial charge in [-0.15, -0.1) is 0 Å². The smallest absolute Gasteiger partial charge is 0.281 e. The van der Waals surface area contributed by atoms with Gasteiger partial charge in [-0.2, -0.15) is 17.0 Å². The van der Waals surface area contributed by atoms with Gasteiger partial charge in [0.15, 0.2) is 0 Å². The molecule has 1 aliphatic carbocycles. The van der Waals surface area contributed by atoms with Crippen molar-refractivity contribution in [2.45, 2.75) is 50.7 Å². The van der Waals surface area contributed by atoms with E-state index in [1.165, 1.54) is 22.7 Å². The van der Waals surface area contributed by atoms with Crippen molar-refractivity contribution in [3.05, 3.63) is 0 Å². The molecule has 0 radical (unpaired) electrons. The first-order chi connectivity index (χ1) is 10.7. The number of carbonyl (C=O) groups excluding carboxylic acids is 1. The monoisotopic (exact) mass is 347 g/mol. The van der Waals surface area contributed by atoms with Gasteiger partial charge >= 0.3 is 0 Å². The highest BCUT2D eigenvalue weighted by Gasteiger charge is 2.36. The van der Waals surface area contributed by atoms with Crippen molar-refractivity contribution in [2.24, 2.45) is 5.92 Å². The average Bonchev–Trinajstić information content (AvgIpc) is 2.54. The Morgan fingerprint density at radius 1 is 1.04 bits per heavy atom. The van der Waals surface area contributed by atoms with Crippen LogP contribution in [0.4, 0.5) is 0 Å². The molecule has 0 aromatic carbocycles. The Kier molecular flexibility index (Phi) is 6.05. The number of amides is 1. The first-order valence-corrected chi connectivity index (χ1v) is 9.77. The highest BCUT2D eigenvalue weighted by molar-refractivity contribution is 7.86. The Bertz CT molecular complexity index is 515. The Labute approximate surface area is 139 Å². The van der Waals surface area contributed by atoms with Crippen molar-refractivity contribution in [1.82, 2.24) is 13.5 Å². The molecule has 0 aromatic rings. The standard InChI is InChI=1S/C15H29N3O4S/c1-16(2)23(21,22)18-10-8-12(9-11-18)15(20)17(3)13-6-4-5-7-14(13)19/h12-14,19H,4-11H2,1-3H3/t13-,14-/m1/s1. The largest absolute Gasteiger partial charge is 0.391 e. The third kappa shape index (κ3) is 4.04. The number of aliphatic hydroxyl groups is 1. The SMILES string of the molecule is CN(C(=O)C1CCN(S(=O)(=O)N(C)C)CC1)[C@@H]1CCCC[C@H]1O. The van der Waals surface area contributed by atoms with Crippen LogP contribution in [-0.2, 0) is 15.0 Å². The summed E-state index contributed by atoms with van der Waals surface area (Å²) in [7, 11) is 1.41. The Morgan fingerprint density at radius 2 is 1.61 bits per heavy atom. The maximum Gasteiger partial charge on any atom is 0.281 e. The van der Waals surface area contributed by atoms with E-state index in [0.717, 1.165) is 25.7 Å². The van der Waals surface area contributed by atoms with Crippen LogP contribution in [0.15, 0.2) is 0 Å². The molecular formula is C15H29N3O4S. The van der Waals surface area contributed by atoms with Crippen LogP contribution in [0.2, 0.25) is 0 Å². The van der Waals surface area contributed by atoms with Crippen LogP contribution in [0, 0.1) is 5.92 Å². The second-order valence-corrected chi connectivity index (χ2v) is 8.97. The van der Waals surface area contributed by atoms with E-state index in [1.807, 2.05) is 0 Å². The van der Waals surface area contributed by atoms with E-state index in [1.54, 1.807) is 11.9 Å². The second kappa shape index (κ2) is 7.46. The van der Waals surface area contributed by atoms with Crippen molar-refractivity contribution >= 4 is 16.1 Å². The number of aliphatic hydroxyl groups excluding tert-OH is 1. The number of carbonyl (C=O) groups is 1. The third-order valence-corrected chi connectivity index (χ3v) is 7.07. The molecule has 2 aliphatic rings. The molecule has 2 rings (SSSR count). The molecule has 23 heavy (non-hydrogen) atoms. The summed E-state index contributed by atoms with van der Waals surface area (Å²) >= 11 is 0. The summed E-state index contributed by atoms with van der Waals surface area (Å²) in [6.45, 7) is 0.746. The molecule has 2 atom stereocenters. The molecule has 1 aliphatic heterocycles. The van der Waals surface area contributed by atoms with E-state index in [2.05, 4.69) is 0 Å². The minimum atomic E-state index is -3.40. The number of piperidine rings is 1. The van der Waals surface area contributed by atoms with Gasteiger partial charge in [0.1, 0.15) is 0 Å². The van der Waals surface area contributed by atoms with Crippen LogP contribution in [0.25, 0.3) is 0 Å². The van der Waals surface area contributed by atoms with Crippen LogP contribution in [-0.4, -0.2) is 79.3 Å². The highest BCUT2D eigenvalue weighted by Crippen LogP contribution is 2.27. The minimum absolute atomic E-state index is 0.0397. The lowest BCUT2D eigenvalue weighted by Crippen LogP contribution is -2.51. The topological polar surface area (TPSA) is 81.2 Å². The predicted octanol–water partition coefficient (Wildman–Crippen LogP) is 0.267. The van der Waals surface area contributed by atoms with Gasteiger partial charge in [-0.25, -0.2) is 0 Å². The Morgan fingerprint density at radius 3 is 2.13 bits per heavy atom. The second-order valence-electron chi connectivity index (χ2n) is 6.83. The molecule has 0 unspecified atom stereocenters. The molecule has 0 aromatic heterocycles. The molecule has 1 heterocycles. The number of likely N-dealkylation sites (N-methyl/N-ethyl adjacent to an activating group) is 1. The molecule has 134 valence electrons. The molecule has 1 saturated carbocycles. The molecule has 1 saturated heterocycles. The minimum Gasteiger partial charge on any atom is -0.391 e. The van der Waals surface area contributed by atoms with Gasteiger partial charge in [0.25, 0.3) is 10.2 Å². The summed E-state index contributed by atoms with van der Waals surface area (Å²) < 4.78 is 26.9. The van der Waals surface area contributed by atoms with E-state index in [-0.39, 0.29) is 17.9 Å². The van der Waals surface area contributed by atoms with Crippen LogP contribution in [0.3, 0.4) is 0 Å². The molecular weight excluding hydrogens is 318 g/mol. The lowest BCUT2D eigenvalue weighted by molar-refractivity contribution is -0.141. The zero-order chi connectivity index (χ0) is 17.2. The summed E-state index contributed by atoms with van der Waals surface area (Å²) in [5, 5.41) is 10.1. The lowest BCUT2D eigenvalue weighted by Gasteiger charge is -2.39. The van der Waals surface area contributed by atoms with E-state index >= 15 is 0 Å². The number of hydrogen-bond donors (Lipinski definition) is 1. The Hall–Kier alpha value is -0.700. The summed E-state index contributed by atoms with van der Waals surface area (Å²) in [5.41, 5.74) is 0. The lowest BCUT2D eigenvalue weighted by atomic mass is 9.89. The number of nitrogens with zero attached hydrogens (tertiary/aromatic N) is 3. The van der Waals surface area contributed by atoms with Crippen molar-refractivity contribution in [1.29, 1.82) is 0 Å². The van der Waals surface area contributed by atoms with Crippen LogP contribution in [0.1, 0.15) is 38.5 Å². The van der Waals surface area contributed by atoms with Gasteiger partial charge in [-0.1, -0.05) is 12.8 Å². The highest BCUT2D eigenvalue weighted by atomic mass is 32.2. The van der Waals surface area contributed by atoms with Crippen LogP contribution >= 0.6 is 0 Å². The van der Waals surface area contributed by atoms with Gasteiger partial charge in [0, 0.05) is 40.2 Å². The van der Waals surface area contributed by atoms with Crippen LogP contribution in [0.5, 0.6) is 0 Å². The van der Waals surface area contributed by atoms with Gasteiger partial charge in [-0.05, 0) is 25.7 Å². The molecule has 8 heteroatoms. The molecule has 1 N–H and O–H groups in total. The number of rotatable bonds is 4. The fraction of sp³-hybridized carbons (Fsp3) is 0.933. The quantitative estimate of drug-likeness (QED) is 0.791. The normalized spacial score (nSPS) is 28.0. The van der Waals surface area contributed by atoms with Crippen molar-refractivity contribution in [3.63, 3.8) is 0 Å². The van der Waals surface area contributed by atoms with E-state index in [4.69, 9.17) is 0 Å². The maximum atomic E-state index is 12.7. The van der Waals surface area contributed by atoms with Crippen LogP contribution < -0.4 is 0 Å². The predicted molar refractivity (Wildman–Crippen MR) is 87.9 cm³/mol. The molecule has 2 fully saturated rings. The average molecular weight is 347 g/mol. The summed E-state index contributed by atoms with van der Waals surface area (Å²) in [4.78, 5) is 14.4. The van der Waals surface area contributed by atoms with Gasteiger partial charge < -0.3 is 10.0 Å². The van der Waals surface area contributed by atoms with Gasteiger partial charge in [-0.3, -0.25) is 4.79 Å². The zero-order valence-corrected chi connectivity index (χ0v) is 15.1. The van der Waals surface area contributed by atoms with Crippen molar-refractivity contribution < 1.29 is 18.3 Å². The fourth-order valence-corrected chi connectivity index (χ4v) is 4.69. The molecule has 7 nitrogen and oxygen atoms in total. The zero-order valence-electron chi connectivity index (χ0n) is 14.3. The van der Waals surface area contributed by atoms with E-state index in [0.29, 0.717) is 25.9 Å². The molecule has 0 spiro atoms. The number of hydrogen-bond acceptors (Lipinski definition) is 4. The summed E-state index contributed by atoms with van der Waals surface area (Å²) in [6.07, 6.45) is 4.29. The van der Waals surface area contributed by atoms with Gasteiger partial charge in [0.05, 0.1) is 12.1 Å². The molecule has 0 bridgehead atoms. The maximum absolute atomic E-state index is 12.7.